The maximum absolute atomic E-state index is 5.37. The van der Waals surface area contributed by atoms with E-state index in [9.17, 15) is 0 Å². The van der Waals surface area contributed by atoms with Crippen LogP contribution in [0.15, 0.2) is 4.42 Å². The first-order chi connectivity index (χ1) is 5.24. The average molecular weight is 173 g/mol. The van der Waals surface area contributed by atoms with E-state index < -0.39 is 0 Å². The van der Waals surface area contributed by atoms with E-state index in [1.807, 2.05) is 6.92 Å². The highest BCUT2D eigenvalue weighted by Gasteiger charge is 2.09. The quantitative estimate of drug-likeness (QED) is 0.673. The first kappa shape index (κ1) is 8.42. The van der Waals surface area contributed by atoms with E-state index in [0.717, 1.165) is 6.42 Å². The van der Waals surface area contributed by atoms with Gasteiger partial charge in [0.2, 0.25) is 5.89 Å². The average Bonchev–Trinajstić information content (AvgIpc) is 2.36. The molecule has 0 aliphatic rings. The molecule has 1 aromatic heterocycles. The van der Waals surface area contributed by atoms with Crippen LogP contribution in [0, 0.1) is 4.84 Å². The smallest absolute Gasteiger partial charge is 0.284 e. The molecule has 0 fully saturated rings. The molecule has 0 aromatic carbocycles. The van der Waals surface area contributed by atoms with Gasteiger partial charge in [-0.2, -0.15) is 0 Å². The zero-order chi connectivity index (χ0) is 8.27. The Morgan fingerprint density at radius 1 is 1.82 bits per heavy atom. The minimum Gasteiger partial charge on any atom is -0.414 e. The van der Waals surface area contributed by atoms with Crippen LogP contribution in [0.2, 0.25) is 0 Å². The Morgan fingerprint density at radius 3 is 3.00 bits per heavy atom. The highest BCUT2D eigenvalue weighted by molar-refractivity contribution is 7.71. The zero-order valence-corrected chi connectivity index (χ0v) is 7.15. The number of nitrogens with one attached hydrogen (secondary N) is 1. The first-order valence-corrected chi connectivity index (χ1v) is 3.90. The Labute approximate surface area is 69.8 Å². The molecule has 0 saturated carbocycles. The van der Waals surface area contributed by atoms with Crippen LogP contribution in [0.3, 0.4) is 0 Å². The van der Waals surface area contributed by atoms with E-state index in [4.69, 9.17) is 22.4 Å². The van der Waals surface area contributed by atoms with Gasteiger partial charge in [-0.3, -0.25) is 0 Å². The van der Waals surface area contributed by atoms with Gasteiger partial charge < -0.3 is 10.2 Å². The monoisotopic (exact) mass is 173 g/mol. The lowest BCUT2D eigenvalue weighted by Gasteiger charge is -2.01. The Kier molecular flexibility index (Phi) is 2.78. The molecule has 1 atom stereocenters. The van der Waals surface area contributed by atoms with Gasteiger partial charge in [-0.15, -0.1) is 5.10 Å². The summed E-state index contributed by atoms with van der Waals surface area (Å²) >= 11 is 4.72. The van der Waals surface area contributed by atoms with Crippen molar-refractivity contribution in [2.24, 2.45) is 5.73 Å². The van der Waals surface area contributed by atoms with Gasteiger partial charge in [-0.05, 0) is 25.2 Å². The summed E-state index contributed by atoms with van der Waals surface area (Å²) in [5.41, 5.74) is 5.37. The SMILES string of the molecule is CC(CCN)c1n[nH]c(=S)o1. The summed E-state index contributed by atoms with van der Waals surface area (Å²) in [6.45, 7) is 2.64. The Morgan fingerprint density at radius 2 is 2.55 bits per heavy atom. The van der Waals surface area contributed by atoms with Gasteiger partial charge >= 0.3 is 0 Å². The van der Waals surface area contributed by atoms with Gasteiger partial charge in [0.05, 0.1) is 0 Å². The van der Waals surface area contributed by atoms with Gasteiger partial charge in [0.15, 0.2) is 0 Å². The molecule has 0 saturated heterocycles. The maximum Gasteiger partial charge on any atom is 0.284 e. The highest BCUT2D eigenvalue weighted by Crippen LogP contribution is 2.14. The second kappa shape index (κ2) is 3.64. The van der Waals surface area contributed by atoms with Crippen molar-refractivity contribution in [2.75, 3.05) is 6.54 Å². The first-order valence-electron chi connectivity index (χ1n) is 3.49. The maximum atomic E-state index is 5.37. The number of nitrogens with zero attached hydrogens (tertiary/aromatic N) is 1. The van der Waals surface area contributed by atoms with Crippen molar-refractivity contribution in [3.05, 3.63) is 10.7 Å². The zero-order valence-electron chi connectivity index (χ0n) is 6.33. The lowest BCUT2D eigenvalue weighted by molar-refractivity contribution is 0.438. The molecule has 0 bridgehead atoms. The number of nitrogens with two attached hydrogens (primary N) is 1. The van der Waals surface area contributed by atoms with E-state index in [1.165, 1.54) is 0 Å². The number of hydrogen-bond donors (Lipinski definition) is 2. The van der Waals surface area contributed by atoms with E-state index in [0.29, 0.717) is 17.3 Å². The largest absolute Gasteiger partial charge is 0.414 e. The summed E-state index contributed by atoms with van der Waals surface area (Å²) in [5.74, 6) is 0.883. The number of H-pyrrole nitrogens is 1. The number of rotatable bonds is 3. The molecule has 1 aromatic rings. The molecular weight excluding hydrogens is 162 g/mol. The van der Waals surface area contributed by atoms with Gasteiger partial charge in [0, 0.05) is 5.92 Å². The third-order valence-electron chi connectivity index (χ3n) is 1.48. The minimum atomic E-state index is 0.243. The standard InChI is InChI=1S/C6H11N3OS/c1-4(2-3-7)5-8-9-6(11)10-5/h4H,2-3,7H2,1H3,(H,9,11). The number of aromatic amines is 1. The summed E-state index contributed by atoms with van der Waals surface area (Å²) in [7, 11) is 0. The molecule has 62 valence electrons. The van der Waals surface area contributed by atoms with Crippen molar-refractivity contribution in [1.82, 2.24) is 10.2 Å². The molecule has 0 aliphatic carbocycles. The Hall–Kier alpha value is -0.680. The summed E-state index contributed by atoms with van der Waals surface area (Å²) in [4.78, 5) is 0.323. The lowest BCUT2D eigenvalue weighted by Crippen LogP contribution is -2.04. The molecular formula is C6H11N3OS. The summed E-state index contributed by atoms with van der Waals surface area (Å²) in [6, 6.07) is 0. The molecule has 0 spiro atoms. The van der Waals surface area contributed by atoms with E-state index in [2.05, 4.69) is 10.2 Å². The van der Waals surface area contributed by atoms with Crippen molar-refractivity contribution >= 4 is 12.2 Å². The lowest BCUT2D eigenvalue weighted by atomic mass is 10.1. The summed E-state index contributed by atoms with van der Waals surface area (Å²) in [6.07, 6.45) is 0.864. The van der Waals surface area contributed by atoms with Crippen LogP contribution < -0.4 is 5.73 Å². The summed E-state index contributed by atoms with van der Waals surface area (Å²) in [5, 5.41) is 6.45. The molecule has 0 radical (unpaired) electrons. The second-order valence-corrected chi connectivity index (χ2v) is 2.80. The highest BCUT2D eigenvalue weighted by atomic mass is 32.1. The van der Waals surface area contributed by atoms with Crippen LogP contribution in [-0.4, -0.2) is 16.7 Å². The number of aromatic nitrogens is 2. The van der Waals surface area contributed by atoms with Gasteiger partial charge in [-0.25, -0.2) is 5.10 Å². The van der Waals surface area contributed by atoms with Crippen molar-refractivity contribution in [1.29, 1.82) is 0 Å². The van der Waals surface area contributed by atoms with Gasteiger partial charge in [0.25, 0.3) is 4.84 Å². The van der Waals surface area contributed by atoms with Crippen LogP contribution in [-0.2, 0) is 0 Å². The van der Waals surface area contributed by atoms with Crippen LogP contribution in [0.5, 0.6) is 0 Å². The van der Waals surface area contributed by atoms with E-state index in [-0.39, 0.29) is 5.92 Å². The minimum absolute atomic E-state index is 0.243. The van der Waals surface area contributed by atoms with Crippen LogP contribution in [0.25, 0.3) is 0 Å². The third kappa shape index (κ3) is 2.13. The number of hydrogen-bond acceptors (Lipinski definition) is 4. The second-order valence-electron chi connectivity index (χ2n) is 2.43. The predicted molar refractivity (Wildman–Crippen MR) is 43.8 cm³/mol. The molecule has 3 N–H and O–H groups in total. The van der Waals surface area contributed by atoms with Crippen LogP contribution >= 0.6 is 12.2 Å². The Balaban J connectivity index is 2.68. The van der Waals surface area contributed by atoms with Crippen molar-refractivity contribution in [3.8, 4) is 0 Å². The molecule has 1 unspecified atom stereocenters. The van der Waals surface area contributed by atoms with E-state index in [1.54, 1.807) is 0 Å². The van der Waals surface area contributed by atoms with Gasteiger partial charge in [0.1, 0.15) is 0 Å². The van der Waals surface area contributed by atoms with Crippen molar-refractivity contribution in [2.45, 2.75) is 19.3 Å². The molecule has 1 heterocycles. The van der Waals surface area contributed by atoms with Crippen molar-refractivity contribution in [3.63, 3.8) is 0 Å². The molecule has 5 heteroatoms. The molecule has 11 heavy (non-hydrogen) atoms. The molecule has 4 nitrogen and oxygen atoms in total. The van der Waals surface area contributed by atoms with Crippen molar-refractivity contribution < 1.29 is 4.42 Å². The molecule has 0 aliphatic heterocycles. The van der Waals surface area contributed by atoms with Crippen LogP contribution in [0.1, 0.15) is 25.2 Å². The third-order valence-corrected chi connectivity index (χ3v) is 1.65. The molecule has 1 rings (SSSR count). The fraction of sp³-hybridized carbons (Fsp3) is 0.667. The topological polar surface area (TPSA) is 67.8 Å². The fourth-order valence-electron chi connectivity index (χ4n) is 0.826. The Bertz CT molecular complexity index is 267. The molecule has 0 amide bonds. The predicted octanol–water partition coefficient (Wildman–Crippen LogP) is 1.18. The van der Waals surface area contributed by atoms with Crippen LogP contribution in [0.4, 0.5) is 0 Å². The van der Waals surface area contributed by atoms with E-state index >= 15 is 0 Å². The fourth-order valence-corrected chi connectivity index (χ4v) is 0.957. The normalized spacial score (nSPS) is 13.3. The summed E-state index contributed by atoms with van der Waals surface area (Å²) < 4.78 is 5.09. The van der Waals surface area contributed by atoms with Gasteiger partial charge in [-0.1, -0.05) is 6.92 Å².